The number of carbonyl (C=O) groups is 3. The Kier molecular flexibility index (Phi) is 4.72. The van der Waals surface area contributed by atoms with Crippen molar-refractivity contribution in [3.63, 3.8) is 0 Å². The van der Waals surface area contributed by atoms with Crippen LogP contribution in [0.15, 0.2) is 66.7 Å². The molecule has 1 aliphatic rings. The lowest BCUT2D eigenvalue weighted by atomic mass is 10.0. The number of nitrogens with one attached hydrogen (secondary N) is 1. The van der Waals surface area contributed by atoms with Gasteiger partial charge in [0.2, 0.25) is 0 Å². The SMILES string of the molecule is CN(C)C(=O)c1ccc(CNC(=O)c2ccc3c(c2)C(=O)c2ccccc2-3)cc1. The molecule has 5 heteroatoms. The Labute approximate surface area is 169 Å². The van der Waals surface area contributed by atoms with E-state index in [0.717, 1.165) is 16.7 Å². The van der Waals surface area contributed by atoms with Crippen molar-refractivity contribution in [2.24, 2.45) is 0 Å². The maximum atomic E-state index is 12.6. The molecule has 0 bridgehead atoms. The van der Waals surface area contributed by atoms with Crippen LogP contribution in [0, 0.1) is 0 Å². The van der Waals surface area contributed by atoms with Gasteiger partial charge in [0.25, 0.3) is 11.8 Å². The summed E-state index contributed by atoms with van der Waals surface area (Å²) in [5, 5.41) is 2.87. The third kappa shape index (κ3) is 3.43. The highest BCUT2D eigenvalue weighted by Crippen LogP contribution is 2.36. The summed E-state index contributed by atoms with van der Waals surface area (Å²) in [4.78, 5) is 38.6. The molecule has 1 N–H and O–H groups in total. The van der Waals surface area contributed by atoms with Crippen LogP contribution in [-0.2, 0) is 6.54 Å². The predicted molar refractivity (Wildman–Crippen MR) is 111 cm³/mol. The molecule has 5 nitrogen and oxygen atoms in total. The minimum atomic E-state index is -0.245. The van der Waals surface area contributed by atoms with Crippen LogP contribution in [0.1, 0.15) is 42.2 Å². The van der Waals surface area contributed by atoms with E-state index in [1.54, 1.807) is 38.4 Å². The average Bonchev–Trinajstić information content (AvgIpc) is 3.04. The number of rotatable bonds is 4. The standard InChI is InChI=1S/C24H20N2O3/c1-26(2)24(29)16-9-7-15(8-10-16)14-25-23(28)17-11-12-19-18-5-3-4-6-20(18)22(27)21(19)13-17/h3-13H,14H2,1-2H3,(H,25,28). The predicted octanol–water partition coefficient (Wildman–Crippen LogP) is 3.53. The molecule has 0 atom stereocenters. The number of amides is 2. The number of nitrogens with zero attached hydrogens (tertiary/aromatic N) is 1. The third-order valence-corrected chi connectivity index (χ3v) is 5.05. The largest absolute Gasteiger partial charge is 0.348 e. The van der Waals surface area contributed by atoms with Crippen LogP contribution in [0.3, 0.4) is 0 Å². The Hall–Kier alpha value is -3.73. The first-order valence-corrected chi connectivity index (χ1v) is 9.32. The van der Waals surface area contributed by atoms with Crippen molar-refractivity contribution in [2.45, 2.75) is 6.54 Å². The highest BCUT2D eigenvalue weighted by Gasteiger charge is 2.26. The molecule has 0 saturated heterocycles. The van der Waals surface area contributed by atoms with Gasteiger partial charge in [-0.05, 0) is 41.0 Å². The fourth-order valence-corrected chi connectivity index (χ4v) is 3.48. The molecule has 3 aromatic rings. The zero-order valence-corrected chi connectivity index (χ0v) is 16.2. The van der Waals surface area contributed by atoms with Gasteiger partial charge in [0.05, 0.1) is 0 Å². The topological polar surface area (TPSA) is 66.5 Å². The van der Waals surface area contributed by atoms with Gasteiger partial charge in [-0.25, -0.2) is 0 Å². The molecule has 1 aliphatic carbocycles. The van der Waals surface area contributed by atoms with Gasteiger partial charge in [0.15, 0.2) is 5.78 Å². The summed E-state index contributed by atoms with van der Waals surface area (Å²) in [6.45, 7) is 0.334. The summed E-state index contributed by atoms with van der Waals surface area (Å²) >= 11 is 0. The highest BCUT2D eigenvalue weighted by molar-refractivity contribution is 6.22. The van der Waals surface area contributed by atoms with E-state index in [1.807, 2.05) is 42.5 Å². The van der Waals surface area contributed by atoms with Crippen LogP contribution >= 0.6 is 0 Å². The quantitative estimate of drug-likeness (QED) is 0.585. The van der Waals surface area contributed by atoms with Crippen molar-refractivity contribution >= 4 is 17.6 Å². The molecule has 2 amide bonds. The molecule has 0 saturated carbocycles. The van der Waals surface area contributed by atoms with Gasteiger partial charge in [0, 0.05) is 42.9 Å². The summed E-state index contributed by atoms with van der Waals surface area (Å²) in [5.74, 6) is -0.360. The van der Waals surface area contributed by atoms with E-state index in [0.29, 0.717) is 28.8 Å². The number of hydrogen-bond acceptors (Lipinski definition) is 3. The van der Waals surface area contributed by atoms with Crippen molar-refractivity contribution < 1.29 is 14.4 Å². The Morgan fingerprint density at radius 1 is 0.793 bits per heavy atom. The molecular formula is C24H20N2O3. The molecule has 0 heterocycles. The summed E-state index contributed by atoms with van der Waals surface area (Å²) in [6.07, 6.45) is 0. The van der Waals surface area contributed by atoms with Gasteiger partial charge in [0.1, 0.15) is 0 Å². The summed E-state index contributed by atoms with van der Waals surface area (Å²) in [6, 6.07) is 19.8. The summed E-state index contributed by atoms with van der Waals surface area (Å²) < 4.78 is 0. The number of hydrogen-bond donors (Lipinski definition) is 1. The Morgan fingerprint density at radius 3 is 2.10 bits per heavy atom. The van der Waals surface area contributed by atoms with Crippen molar-refractivity contribution in [3.8, 4) is 11.1 Å². The number of benzene rings is 3. The van der Waals surface area contributed by atoms with Gasteiger partial charge >= 0.3 is 0 Å². The molecule has 0 spiro atoms. The minimum absolute atomic E-state index is 0.0496. The van der Waals surface area contributed by atoms with Gasteiger partial charge in [-0.2, -0.15) is 0 Å². The van der Waals surface area contributed by atoms with E-state index in [-0.39, 0.29) is 17.6 Å². The lowest BCUT2D eigenvalue weighted by Gasteiger charge is -2.11. The Morgan fingerprint density at radius 2 is 1.41 bits per heavy atom. The van der Waals surface area contributed by atoms with Gasteiger partial charge in [-0.15, -0.1) is 0 Å². The average molecular weight is 384 g/mol. The van der Waals surface area contributed by atoms with Crippen LogP contribution in [0.2, 0.25) is 0 Å². The smallest absolute Gasteiger partial charge is 0.253 e. The maximum absolute atomic E-state index is 12.6. The van der Waals surface area contributed by atoms with Crippen molar-refractivity contribution in [2.75, 3.05) is 14.1 Å². The molecule has 0 radical (unpaired) electrons. The van der Waals surface area contributed by atoms with Crippen molar-refractivity contribution in [1.82, 2.24) is 10.2 Å². The molecule has 3 aromatic carbocycles. The first-order valence-electron chi connectivity index (χ1n) is 9.32. The van der Waals surface area contributed by atoms with Crippen molar-refractivity contribution in [1.29, 1.82) is 0 Å². The molecule has 0 aliphatic heterocycles. The summed E-state index contributed by atoms with van der Waals surface area (Å²) in [5.41, 5.74) is 4.94. The molecule has 144 valence electrons. The molecule has 0 unspecified atom stereocenters. The number of ketones is 1. The van der Waals surface area contributed by atoms with Crippen LogP contribution in [0.5, 0.6) is 0 Å². The van der Waals surface area contributed by atoms with E-state index in [1.165, 1.54) is 4.90 Å². The molecular weight excluding hydrogens is 364 g/mol. The second-order valence-corrected chi connectivity index (χ2v) is 7.21. The highest BCUT2D eigenvalue weighted by atomic mass is 16.2. The van der Waals surface area contributed by atoms with Crippen LogP contribution in [-0.4, -0.2) is 36.6 Å². The monoisotopic (exact) mass is 384 g/mol. The molecule has 0 aromatic heterocycles. The van der Waals surface area contributed by atoms with E-state index in [9.17, 15) is 14.4 Å². The van der Waals surface area contributed by atoms with E-state index >= 15 is 0 Å². The third-order valence-electron chi connectivity index (χ3n) is 5.05. The lowest BCUT2D eigenvalue weighted by molar-refractivity contribution is 0.0826. The van der Waals surface area contributed by atoms with Crippen LogP contribution in [0.4, 0.5) is 0 Å². The van der Waals surface area contributed by atoms with Gasteiger partial charge < -0.3 is 10.2 Å². The maximum Gasteiger partial charge on any atom is 0.253 e. The first-order chi connectivity index (χ1) is 14.0. The zero-order chi connectivity index (χ0) is 20.5. The van der Waals surface area contributed by atoms with Gasteiger partial charge in [-0.1, -0.05) is 42.5 Å². The number of carbonyl (C=O) groups excluding carboxylic acids is 3. The Bertz CT molecular complexity index is 1130. The zero-order valence-electron chi connectivity index (χ0n) is 16.2. The minimum Gasteiger partial charge on any atom is -0.348 e. The molecule has 29 heavy (non-hydrogen) atoms. The first kappa shape index (κ1) is 18.6. The second kappa shape index (κ2) is 7.36. The Balaban J connectivity index is 1.46. The number of fused-ring (bicyclic) bond motifs is 3. The fraction of sp³-hybridized carbons (Fsp3) is 0.125. The van der Waals surface area contributed by atoms with Crippen molar-refractivity contribution in [3.05, 3.63) is 94.5 Å². The normalized spacial score (nSPS) is 11.6. The fourth-order valence-electron chi connectivity index (χ4n) is 3.48. The second-order valence-electron chi connectivity index (χ2n) is 7.21. The van der Waals surface area contributed by atoms with Crippen LogP contribution < -0.4 is 5.32 Å². The van der Waals surface area contributed by atoms with E-state index in [4.69, 9.17) is 0 Å². The summed E-state index contributed by atoms with van der Waals surface area (Å²) in [7, 11) is 3.41. The van der Waals surface area contributed by atoms with E-state index < -0.39 is 0 Å². The molecule has 0 fully saturated rings. The lowest BCUT2D eigenvalue weighted by Crippen LogP contribution is -2.23. The van der Waals surface area contributed by atoms with Gasteiger partial charge in [-0.3, -0.25) is 14.4 Å². The molecule has 4 rings (SSSR count). The van der Waals surface area contributed by atoms with E-state index in [2.05, 4.69) is 5.32 Å². The van der Waals surface area contributed by atoms with Crippen LogP contribution in [0.25, 0.3) is 11.1 Å².